The molecule has 2 aromatic rings. The van der Waals surface area contributed by atoms with Gasteiger partial charge >= 0.3 is 0 Å². The average molecular weight is 395 g/mol. The molecule has 0 unspecified atom stereocenters. The zero-order chi connectivity index (χ0) is 17.8. The number of nitrogens with zero attached hydrogens (tertiary/aromatic N) is 3. The van der Waals surface area contributed by atoms with Crippen LogP contribution in [0, 0.1) is 0 Å². The van der Waals surface area contributed by atoms with Gasteiger partial charge in [-0.05, 0) is 19.2 Å². The number of rotatable bonds is 3. The number of thioether (sulfide) groups is 1. The number of piperazine rings is 1. The van der Waals surface area contributed by atoms with Gasteiger partial charge in [-0.15, -0.1) is 0 Å². The van der Waals surface area contributed by atoms with E-state index in [1.54, 1.807) is 12.1 Å². The number of carbonyl (C=O) groups excluding carboxylic acids is 1. The van der Waals surface area contributed by atoms with E-state index in [1.165, 1.54) is 23.1 Å². The Hall–Kier alpha value is -1.55. The maximum Gasteiger partial charge on any atom is 0.281 e. The molecule has 0 atom stereocenters. The molecule has 1 aliphatic heterocycles. The van der Waals surface area contributed by atoms with Crippen LogP contribution in [0.5, 0.6) is 0 Å². The summed E-state index contributed by atoms with van der Waals surface area (Å²) in [6.45, 7) is 3.72. The lowest BCUT2D eigenvalue weighted by atomic mass is 10.3. The molecule has 0 spiro atoms. The lowest BCUT2D eigenvalue weighted by molar-refractivity contribution is -0.113. The number of nitrogens with one attached hydrogen (secondary N) is 1. The van der Waals surface area contributed by atoms with Gasteiger partial charge in [-0.1, -0.05) is 47.4 Å². The summed E-state index contributed by atoms with van der Waals surface area (Å²) >= 11 is 8.04. The summed E-state index contributed by atoms with van der Waals surface area (Å²) in [7, 11) is 2.09. The molecule has 0 saturated carbocycles. The van der Waals surface area contributed by atoms with Crippen molar-refractivity contribution in [2.75, 3.05) is 44.3 Å². The van der Waals surface area contributed by atoms with Crippen molar-refractivity contribution in [2.45, 2.75) is 0 Å². The van der Waals surface area contributed by atoms with E-state index in [4.69, 9.17) is 12.2 Å². The zero-order valence-corrected chi connectivity index (χ0v) is 16.2. The van der Waals surface area contributed by atoms with Crippen molar-refractivity contribution < 1.29 is 4.79 Å². The van der Waals surface area contributed by atoms with Gasteiger partial charge in [0.05, 0.1) is 11.1 Å². The van der Waals surface area contributed by atoms with Gasteiger partial charge in [-0.3, -0.25) is 9.59 Å². The van der Waals surface area contributed by atoms with Crippen LogP contribution in [0.3, 0.4) is 0 Å². The number of fused-ring (bicyclic) bond motifs is 1. The molecule has 6 nitrogen and oxygen atoms in total. The highest BCUT2D eigenvalue weighted by Gasteiger charge is 2.17. The van der Waals surface area contributed by atoms with Crippen LogP contribution in [0.1, 0.15) is 0 Å². The molecule has 0 radical (unpaired) electrons. The number of aromatic nitrogens is 1. The molecule has 0 bridgehead atoms. The average Bonchev–Trinajstić information content (AvgIpc) is 2.60. The SMILES string of the molecule is CN1CCN(C(=S)SCC(=O)Nc2nc(=O)c3ccccc3s2)CC1. The molecule has 1 fully saturated rings. The third-order valence-corrected chi connectivity index (χ3v) is 6.35. The molecule has 1 aliphatic rings. The van der Waals surface area contributed by atoms with Crippen LogP contribution in [0.2, 0.25) is 0 Å². The first kappa shape index (κ1) is 18.2. The second-order valence-corrected chi connectivity index (χ2v) is 8.35. The van der Waals surface area contributed by atoms with Gasteiger partial charge in [0, 0.05) is 30.9 Å². The summed E-state index contributed by atoms with van der Waals surface area (Å²) in [5, 5.41) is 3.59. The predicted octanol–water partition coefficient (Wildman–Crippen LogP) is 1.86. The van der Waals surface area contributed by atoms with Crippen LogP contribution < -0.4 is 10.9 Å². The first-order valence-electron chi connectivity index (χ1n) is 7.83. The van der Waals surface area contributed by atoms with E-state index in [9.17, 15) is 9.59 Å². The van der Waals surface area contributed by atoms with E-state index in [0.29, 0.717) is 10.5 Å². The Morgan fingerprint density at radius 1 is 1.32 bits per heavy atom. The summed E-state index contributed by atoms with van der Waals surface area (Å²) in [5.74, 6) is 0.000501. The number of likely N-dealkylation sites (N-methyl/N-ethyl adjacent to an activating group) is 1. The lowest BCUT2D eigenvalue weighted by Gasteiger charge is -2.33. The highest BCUT2D eigenvalue weighted by Crippen LogP contribution is 2.21. The van der Waals surface area contributed by atoms with Crippen LogP contribution >= 0.6 is 35.3 Å². The van der Waals surface area contributed by atoms with Crippen molar-refractivity contribution in [2.24, 2.45) is 0 Å². The molecule has 9 heteroatoms. The molecule has 1 saturated heterocycles. The quantitative estimate of drug-likeness (QED) is 0.797. The van der Waals surface area contributed by atoms with Crippen LogP contribution in [0.25, 0.3) is 10.1 Å². The van der Waals surface area contributed by atoms with E-state index < -0.39 is 0 Å². The van der Waals surface area contributed by atoms with Gasteiger partial charge in [-0.25, -0.2) is 0 Å². The van der Waals surface area contributed by atoms with Gasteiger partial charge in [0.15, 0.2) is 5.13 Å². The monoisotopic (exact) mass is 394 g/mol. The molecule has 132 valence electrons. The molecular weight excluding hydrogens is 376 g/mol. The molecule has 1 aromatic heterocycles. The summed E-state index contributed by atoms with van der Waals surface area (Å²) in [6, 6.07) is 7.23. The predicted molar refractivity (Wildman–Crippen MR) is 109 cm³/mol. The Morgan fingerprint density at radius 3 is 2.80 bits per heavy atom. The summed E-state index contributed by atoms with van der Waals surface area (Å²) < 4.78 is 1.54. The van der Waals surface area contributed by atoms with Crippen molar-refractivity contribution in [3.8, 4) is 0 Å². The number of hydrogen-bond acceptors (Lipinski definition) is 7. The Morgan fingerprint density at radius 2 is 2.04 bits per heavy atom. The lowest BCUT2D eigenvalue weighted by Crippen LogP contribution is -2.46. The van der Waals surface area contributed by atoms with Crippen molar-refractivity contribution in [1.29, 1.82) is 0 Å². The van der Waals surface area contributed by atoms with Crippen LogP contribution in [-0.4, -0.2) is 64.0 Å². The second kappa shape index (κ2) is 8.22. The number of benzene rings is 1. The summed E-state index contributed by atoms with van der Waals surface area (Å²) in [5.41, 5.74) is -0.328. The number of anilines is 1. The van der Waals surface area contributed by atoms with Crippen molar-refractivity contribution in [3.63, 3.8) is 0 Å². The Labute approximate surface area is 159 Å². The minimum Gasteiger partial charge on any atom is -0.355 e. The molecule has 1 N–H and O–H groups in total. The topological polar surface area (TPSA) is 65.5 Å². The normalized spacial score (nSPS) is 15.3. The maximum absolute atomic E-state index is 12.1. The van der Waals surface area contributed by atoms with Crippen LogP contribution in [-0.2, 0) is 4.79 Å². The third-order valence-electron chi connectivity index (χ3n) is 3.86. The third kappa shape index (κ3) is 4.75. The summed E-state index contributed by atoms with van der Waals surface area (Å²) in [4.78, 5) is 32.5. The fourth-order valence-corrected chi connectivity index (χ4v) is 4.39. The van der Waals surface area contributed by atoms with Gasteiger partial charge in [0.1, 0.15) is 4.32 Å². The van der Waals surface area contributed by atoms with Crippen LogP contribution in [0.4, 0.5) is 5.13 Å². The van der Waals surface area contributed by atoms with Crippen LogP contribution in [0.15, 0.2) is 29.1 Å². The minimum absolute atomic E-state index is 0.208. The molecule has 0 aliphatic carbocycles. The van der Waals surface area contributed by atoms with Gasteiger partial charge < -0.3 is 15.1 Å². The molecule has 1 aromatic carbocycles. The molecule has 25 heavy (non-hydrogen) atoms. The zero-order valence-electron chi connectivity index (χ0n) is 13.7. The highest BCUT2D eigenvalue weighted by molar-refractivity contribution is 8.23. The van der Waals surface area contributed by atoms with Crippen molar-refractivity contribution in [1.82, 2.24) is 14.8 Å². The van der Waals surface area contributed by atoms with Crippen molar-refractivity contribution in [3.05, 3.63) is 34.6 Å². The van der Waals surface area contributed by atoms with E-state index in [1.807, 2.05) is 12.1 Å². The highest BCUT2D eigenvalue weighted by atomic mass is 32.2. The fourth-order valence-electron chi connectivity index (χ4n) is 2.43. The molecule has 3 rings (SSSR count). The largest absolute Gasteiger partial charge is 0.355 e. The number of hydrogen-bond donors (Lipinski definition) is 1. The standard InChI is InChI=1S/C16H18N4O2S3/c1-19-6-8-20(9-7-19)16(23)24-10-13(21)17-15-18-14(22)11-4-2-3-5-12(11)25-15/h2-5H,6-10H2,1H3,(H,17,18,21,22). The van der Waals surface area contributed by atoms with E-state index >= 15 is 0 Å². The van der Waals surface area contributed by atoms with Gasteiger partial charge in [-0.2, -0.15) is 4.98 Å². The maximum atomic E-state index is 12.1. The first-order chi connectivity index (χ1) is 12.0. The van der Waals surface area contributed by atoms with Gasteiger partial charge in [0.2, 0.25) is 5.91 Å². The second-order valence-electron chi connectivity index (χ2n) is 5.71. The Balaban J connectivity index is 1.56. The number of thiocarbonyl (C=S) groups is 1. The smallest absolute Gasteiger partial charge is 0.281 e. The van der Waals surface area contributed by atoms with Gasteiger partial charge in [0.25, 0.3) is 5.56 Å². The minimum atomic E-state index is -0.328. The number of amides is 1. The number of carbonyl (C=O) groups is 1. The first-order valence-corrected chi connectivity index (χ1v) is 10.0. The molecular formula is C16H18N4O2S3. The van der Waals surface area contributed by atoms with E-state index in [0.717, 1.165) is 35.2 Å². The van der Waals surface area contributed by atoms with E-state index in [-0.39, 0.29) is 17.2 Å². The van der Waals surface area contributed by atoms with E-state index in [2.05, 4.69) is 27.1 Å². The molecule has 1 amide bonds. The van der Waals surface area contributed by atoms with Crippen molar-refractivity contribution >= 4 is 60.8 Å². The molecule has 2 heterocycles. The summed E-state index contributed by atoms with van der Waals surface area (Å²) in [6.07, 6.45) is 0. The fraction of sp³-hybridized carbons (Fsp3) is 0.375. The Kier molecular flexibility index (Phi) is 6.00. The Bertz CT molecular complexity index is 847.